The van der Waals surface area contributed by atoms with Gasteiger partial charge in [-0.15, -0.1) is 0 Å². The molecule has 4 aromatic rings. The second-order valence-corrected chi connectivity index (χ2v) is 8.42. The Balaban J connectivity index is 1.47. The molecule has 34 heavy (non-hydrogen) atoms. The number of likely N-dealkylation sites (N-methyl/N-ethyl adjacent to an activating group) is 1. The van der Waals surface area contributed by atoms with Gasteiger partial charge in [0.25, 0.3) is 5.91 Å². The Labute approximate surface area is 204 Å². The first-order valence-corrected chi connectivity index (χ1v) is 11.8. The zero-order valence-corrected chi connectivity index (χ0v) is 20.4. The SMILES string of the molecule is CCN(CC)CCn1c(NC(=O)c2ccn(COc3ccc(Cl)cc3C)n2)nc2ccccc21. The quantitative estimate of drug-likeness (QED) is 0.352. The summed E-state index contributed by atoms with van der Waals surface area (Å²) in [6.07, 6.45) is 1.71. The molecule has 2 aromatic carbocycles. The Morgan fingerprint density at radius 2 is 1.94 bits per heavy atom. The van der Waals surface area contributed by atoms with Crippen LogP contribution < -0.4 is 10.1 Å². The van der Waals surface area contributed by atoms with E-state index >= 15 is 0 Å². The fourth-order valence-corrected chi connectivity index (χ4v) is 4.04. The molecular formula is C25H29ClN6O2. The first kappa shape index (κ1) is 23.8. The van der Waals surface area contributed by atoms with Crippen molar-refractivity contribution in [2.24, 2.45) is 0 Å². The van der Waals surface area contributed by atoms with E-state index in [-0.39, 0.29) is 12.6 Å². The topological polar surface area (TPSA) is 77.2 Å². The summed E-state index contributed by atoms with van der Waals surface area (Å²) in [4.78, 5) is 20.0. The van der Waals surface area contributed by atoms with Crippen LogP contribution in [0.3, 0.4) is 0 Å². The van der Waals surface area contributed by atoms with Crippen molar-refractivity contribution >= 4 is 34.5 Å². The Morgan fingerprint density at radius 3 is 2.71 bits per heavy atom. The zero-order chi connectivity index (χ0) is 24.1. The van der Waals surface area contributed by atoms with Crippen molar-refractivity contribution in [2.75, 3.05) is 25.0 Å². The number of carbonyl (C=O) groups is 1. The highest BCUT2D eigenvalue weighted by molar-refractivity contribution is 6.30. The summed E-state index contributed by atoms with van der Waals surface area (Å²) < 4.78 is 9.44. The number of hydrogen-bond donors (Lipinski definition) is 1. The predicted molar refractivity (Wildman–Crippen MR) is 135 cm³/mol. The predicted octanol–water partition coefficient (Wildman–Crippen LogP) is 4.83. The maximum atomic E-state index is 13.0. The minimum Gasteiger partial charge on any atom is -0.471 e. The van der Waals surface area contributed by atoms with Crippen molar-refractivity contribution in [3.05, 3.63) is 71.0 Å². The number of rotatable bonds is 10. The van der Waals surface area contributed by atoms with Gasteiger partial charge < -0.3 is 14.2 Å². The number of amides is 1. The second-order valence-electron chi connectivity index (χ2n) is 7.98. The zero-order valence-electron chi connectivity index (χ0n) is 19.7. The van der Waals surface area contributed by atoms with Gasteiger partial charge in [0.15, 0.2) is 12.4 Å². The molecule has 1 amide bonds. The molecule has 0 aliphatic heterocycles. The van der Waals surface area contributed by atoms with Crippen LogP contribution in [-0.4, -0.2) is 49.8 Å². The molecule has 0 atom stereocenters. The number of imidazole rings is 1. The van der Waals surface area contributed by atoms with E-state index in [0.29, 0.717) is 22.4 Å². The van der Waals surface area contributed by atoms with Gasteiger partial charge in [-0.25, -0.2) is 9.67 Å². The minimum absolute atomic E-state index is 0.179. The van der Waals surface area contributed by atoms with Gasteiger partial charge in [0, 0.05) is 24.3 Å². The van der Waals surface area contributed by atoms with Crippen LogP contribution in [0.25, 0.3) is 11.0 Å². The molecule has 178 valence electrons. The highest BCUT2D eigenvalue weighted by atomic mass is 35.5. The van der Waals surface area contributed by atoms with Crippen LogP contribution in [0.4, 0.5) is 5.95 Å². The average molecular weight is 481 g/mol. The number of carbonyl (C=O) groups excluding carboxylic acids is 1. The fraction of sp³-hybridized carbons (Fsp3) is 0.320. The largest absolute Gasteiger partial charge is 0.471 e. The third kappa shape index (κ3) is 5.40. The minimum atomic E-state index is -0.319. The molecule has 0 saturated heterocycles. The molecule has 2 heterocycles. The standard InChI is InChI=1S/C25H29ClN6O2/c1-4-30(5-2)14-15-32-22-9-7-6-8-20(22)27-25(32)28-24(33)21-12-13-31(29-21)17-34-23-11-10-19(26)16-18(23)3/h6-13,16H,4-5,14-15,17H2,1-3H3,(H,27,28,33). The molecule has 0 saturated carbocycles. The Hall–Kier alpha value is -3.36. The Kier molecular flexibility index (Phi) is 7.49. The first-order valence-electron chi connectivity index (χ1n) is 11.4. The van der Waals surface area contributed by atoms with E-state index in [9.17, 15) is 4.79 Å². The van der Waals surface area contributed by atoms with Gasteiger partial charge in [0.2, 0.25) is 5.95 Å². The monoisotopic (exact) mass is 480 g/mol. The van der Waals surface area contributed by atoms with Gasteiger partial charge in [-0.05, 0) is 62.0 Å². The summed E-state index contributed by atoms with van der Waals surface area (Å²) in [5.74, 6) is 0.912. The van der Waals surface area contributed by atoms with Gasteiger partial charge in [0.05, 0.1) is 11.0 Å². The summed E-state index contributed by atoms with van der Waals surface area (Å²) in [6.45, 7) is 9.93. The molecule has 0 spiro atoms. The van der Waals surface area contributed by atoms with Crippen LogP contribution in [0, 0.1) is 6.92 Å². The van der Waals surface area contributed by atoms with Gasteiger partial charge in [-0.2, -0.15) is 5.10 Å². The van der Waals surface area contributed by atoms with E-state index in [4.69, 9.17) is 16.3 Å². The summed E-state index contributed by atoms with van der Waals surface area (Å²) >= 11 is 6.00. The molecule has 0 bridgehead atoms. The van der Waals surface area contributed by atoms with Gasteiger partial charge >= 0.3 is 0 Å². The number of fused-ring (bicyclic) bond motifs is 1. The number of nitrogens with one attached hydrogen (secondary N) is 1. The molecule has 0 unspecified atom stereocenters. The smallest absolute Gasteiger partial charge is 0.278 e. The Morgan fingerprint density at radius 1 is 1.15 bits per heavy atom. The van der Waals surface area contributed by atoms with Crippen molar-refractivity contribution in [3.63, 3.8) is 0 Å². The maximum Gasteiger partial charge on any atom is 0.278 e. The number of halogens is 1. The second kappa shape index (κ2) is 10.7. The maximum absolute atomic E-state index is 13.0. The summed E-state index contributed by atoms with van der Waals surface area (Å²) in [5, 5.41) is 7.96. The van der Waals surface area contributed by atoms with Crippen LogP contribution in [0.1, 0.15) is 29.9 Å². The van der Waals surface area contributed by atoms with E-state index in [1.54, 1.807) is 23.0 Å². The third-order valence-corrected chi connectivity index (χ3v) is 6.01. The lowest BCUT2D eigenvalue weighted by atomic mass is 10.2. The lowest BCUT2D eigenvalue weighted by Gasteiger charge is -2.19. The van der Waals surface area contributed by atoms with Crippen molar-refractivity contribution in [3.8, 4) is 5.75 Å². The van der Waals surface area contributed by atoms with E-state index in [0.717, 1.165) is 42.8 Å². The fourth-order valence-electron chi connectivity index (χ4n) is 3.81. The number of benzene rings is 2. The van der Waals surface area contributed by atoms with Gasteiger partial charge in [0.1, 0.15) is 5.75 Å². The molecule has 4 rings (SSSR count). The van der Waals surface area contributed by atoms with Crippen molar-refractivity contribution < 1.29 is 9.53 Å². The third-order valence-electron chi connectivity index (χ3n) is 5.78. The number of aromatic nitrogens is 4. The van der Waals surface area contributed by atoms with Crippen LogP contribution in [0.5, 0.6) is 5.75 Å². The number of ether oxygens (including phenoxy) is 1. The molecule has 1 N–H and O–H groups in total. The Bertz CT molecular complexity index is 1280. The van der Waals surface area contributed by atoms with Crippen LogP contribution in [-0.2, 0) is 13.3 Å². The van der Waals surface area contributed by atoms with Gasteiger partial charge in [-0.1, -0.05) is 37.6 Å². The molecule has 9 heteroatoms. The highest BCUT2D eigenvalue weighted by Gasteiger charge is 2.17. The lowest BCUT2D eigenvalue weighted by molar-refractivity contribution is 0.101. The van der Waals surface area contributed by atoms with Crippen molar-refractivity contribution in [1.82, 2.24) is 24.2 Å². The van der Waals surface area contributed by atoms with Crippen LogP contribution in [0.2, 0.25) is 5.02 Å². The summed E-state index contributed by atoms with van der Waals surface area (Å²) in [6, 6.07) is 15.0. The molecule has 8 nitrogen and oxygen atoms in total. The first-order chi connectivity index (χ1) is 16.5. The van der Waals surface area contributed by atoms with E-state index in [1.165, 1.54) is 0 Å². The highest BCUT2D eigenvalue weighted by Crippen LogP contribution is 2.22. The number of aryl methyl sites for hydroxylation is 1. The van der Waals surface area contributed by atoms with E-state index in [1.807, 2.05) is 43.3 Å². The number of nitrogens with zero attached hydrogens (tertiary/aromatic N) is 5. The molecule has 0 aliphatic carbocycles. The molecule has 0 radical (unpaired) electrons. The molecule has 0 fully saturated rings. The van der Waals surface area contributed by atoms with E-state index < -0.39 is 0 Å². The summed E-state index contributed by atoms with van der Waals surface area (Å²) in [7, 11) is 0. The van der Waals surface area contributed by atoms with Crippen molar-refractivity contribution in [1.29, 1.82) is 0 Å². The number of para-hydroxylation sites is 2. The number of hydrogen-bond acceptors (Lipinski definition) is 5. The molecule has 2 aromatic heterocycles. The van der Waals surface area contributed by atoms with E-state index in [2.05, 4.69) is 38.7 Å². The average Bonchev–Trinajstić information content (AvgIpc) is 3.44. The van der Waals surface area contributed by atoms with Gasteiger partial charge in [-0.3, -0.25) is 10.1 Å². The number of anilines is 1. The molecular weight excluding hydrogens is 452 g/mol. The van der Waals surface area contributed by atoms with Crippen molar-refractivity contribution in [2.45, 2.75) is 34.0 Å². The normalized spacial score (nSPS) is 11.3. The lowest BCUT2D eigenvalue weighted by Crippen LogP contribution is -2.27. The van der Waals surface area contributed by atoms with Crippen LogP contribution in [0.15, 0.2) is 54.7 Å². The van der Waals surface area contributed by atoms with Crippen LogP contribution >= 0.6 is 11.6 Å². The molecule has 0 aliphatic rings. The summed E-state index contributed by atoms with van der Waals surface area (Å²) in [5.41, 5.74) is 3.05.